The second kappa shape index (κ2) is 11.8. The molecule has 4 rings (SSSR count). The van der Waals surface area contributed by atoms with Crippen LogP contribution in [0, 0.1) is 0 Å². The Bertz CT molecular complexity index is 1070. The quantitative estimate of drug-likeness (QED) is 0.567. The number of para-hydroxylation sites is 2. The molecule has 2 aromatic carbocycles. The van der Waals surface area contributed by atoms with Gasteiger partial charge in [-0.2, -0.15) is 0 Å². The van der Waals surface area contributed by atoms with Gasteiger partial charge in [0.05, 0.1) is 32.9 Å². The van der Waals surface area contributed by atoms with Gasteiger partial charge in [0.1, 0.15) is 17.5 Å². The highest BCUT2D eigenvalue weighted by molar-refractivity contribution is 5.98. The van der Waals surface area contributed by atoms with Crippen LogP contribution in [0.5, 0.6) is 11.5 Å². The number of methoxy groups -OCH3 is 2. The third kappa shape index (κ3) is 6.06. The summed E-state index contributed by atoms with van der Waals surface area (Å²) in [6, 6.07) is 14.2. The molecule has 10 nitrogen and oxygen atoms in total. The highest BCUT2D eigenvalue weighted by Crippen LogP contribution is 2.24. The Morgan fingerprint density at radius 2 is 1.69 bits per heavy atom. The van der Waals surface area contributed by atoms with Gasteiger partial charge in [-0.25, -0.2) is 0 Å². The molecule has 0 spiro atoms. The molecule has 0 aliphatic carbocycles. The lowest BCUT2D eigenvalue weighted by molar-refractivity contribution is -0.145. The van der Waals surface area contributed by atoms with Crippen LogP contribution in [-0.2, 0) is 14.4 Å². The van der Waals surface area contributed by atoms with E-state index in [2.05, 4.69) is 20.4 Å². The minimum atomic E-state index is -0.846. The van der Waals surface area contributed by atoms with Gasteiger partial charge in [-0.3, -0.25) is 19.3 Å². The van der Waals surface area contributed by atoms with E-state index < -0.39 is 6.04 Å². The van der Waals surface area contributed by atoms with Gasteiger partial charge >= 0.3 is 0 Å². The molecule has 3 amide bonds. The van der Waals surface area contributed by atoms with Crippen molar-refractivity contribution in [2.24, 2.45) is 0 Å². The summed E-state index contributed by atoms with van der Waals surface area (Å²) in [6.07, 6.45) is -0.124. The first-order valence-electron chi connectivity index (χ1n) is 12.1. The number of benzene rings is 2. The van der Waals surface area contributed by atoms with Gasteiger partial charge in [-0.1, -0.05) is 12.1 Å². The van der Waals surface area contributed by atoms with Crippen LogP contribution in [0.15, 0.2) is 48.5 Å². The van der Waals surface area contributed by atoms with Crippen molar-refractivity contribution in [1.29, 1.82) is 0 Å². The molecule has 36 heavy (non-hydrogen) atoms. The van der Waals surface area contributed by atoms with Crippen LogP contribution in [0.3, 0.4) is 0 Å². The van der Waals surface area contributed by atoms with Crippen molar-refractivity contribution in [1.82, 2.24) is 15.1 Å². The molecule has 2 aliphatic heterocycles. The van der Waals surface area contributed by atoms with Crippen LogP contribution in [-0.4, -0.2) is 93.6 Å². The largest absolute Gasteiger partial charge is 0.497 e. The van der Waals surface area contributed by atoms with Gasteiger partial charge in [0.25, 0.3) is 0 Å². The normalized spacial score (nSPS) is 18.4. The summed E-state index contributed by atoms with van der Waals surface area (Å²) < 4.78 is 10.5. The number of carbonyl (C=O) groups excluding carboxylic acids is 3. The molecule has 2 fully saturated rings. The maximum Gasteiger partial charge on any atom is 0.243 e. The van der Waals surface area contributed by atoms with Gasteiger partial charge in [-0.15, -0.1) is 0 Å². The highest BCUT2D eigenvalue weighted by atomic mass is 16.5. The summed E-state index contributed by atoms with van der Waals surface area (Å²) in [5, 5.41) is 5.57. The van der Waals surface area contributed by atoms with Gasteiger partial charge in [0.15, 0.2) is 0 Å². The van der Waals surface area contributed by atoms with Gasteiger partial charge in [-0.05, 0) is 36.4 Å². The molecular weight excluding hydrogens is 462 g/mol. The van der Waals surface area contributed by atoms with Crippen LogP contribution in [0.25, 0.3) is 0 Å². The van der Waals surface area contributed by atoms with Crippen LogP contribution < -0.4 is 25.0 Å². The lowest BCUT2D eigenvalue weighted by atomic mass is 10.1. The van der Waals surface area contributed by atoms with Crippen LogP contribution in [0.1, 0.15) is 6.42 Å². The van der Waals surface area contributed by atoms with E-state index in [1.165, 1.54) is 12.0 Å². The minimum Gasteiger partial charge on any atom is -0.497 e. The predicted octanol–water partition coefficient (Wildman–Crippen LogP) is 1.18. The molecule has 2 heterocycles. The number of anilines is 2. The van der Waals surface area contributed by atoms with Crippen LogP contribution in [0.2, 0.25) is 0 Å². The summed E-state index contributed by atoms with van der Waals surface area (Å²) >= 11 is 0. The van der Waals surface area contributed by atoms with Gasteiger partial charge in [0.2, 0.25) is 17.7 Å². The fraction of sp³-hybridized carbons (Fsp3) is 0.423. The van der Waals surface area contributed by atoms with E-state index in [0.29, 0.717) is 24.5 Å². The molecule has 0 bridgehead atoms. The second-order valence-electron chi connectivity index (χ2n) is 8.81. The smallest absolute Gasteiger partial charge is 0.243 e. The Morgan fingerprint density at radius 1 is 0.972 bits per heavy atom. The number of amides is 3. The molecule has 2 N–H and O–H groups in total. The Hall–Kier alpha value is -3.79. The number of ether oxygens (including phenoxy) is 2. The summed E-state index contributed by atoms with van der Waals surface area (Å²) in [4.78, 5) is 44.5. The third-order valence-electron chi connectivity index (χ3n) is 6.58. The van der Waals surface area contributed by atoms with E-state index in [4.69, 9.17) is 9.47 Å². The Morgan fingerprint density at radius 3 is 2.39 bits per heavy atom. The van der Waals surface area contributed by atoms with Crippen molar-refractivity contribution in [3.63, 3.8) is 0 Å². The fourth-order valence-electron chi connectivity index (χ4n) is 4.58. The van der Waals surface area contributed by atoms with Crippen molar-refractivity contribution >= 4 is 29.1 Å². The Labute approximate surface area is 211 Å². The van der Waals surface area contributed by atoms with Gasteiger partial charge in [0, 0.05) is 45.0 Å². The third-order valence-corrected chi connectivity index (χ3v) is 6.58. The molecular formula is C26H33N5O5. The number of nitrogens with one attached hydrogen (secondary N) is 2. The monoisotopic (exact) mass is 495 g/mol. The SMILES string of the molecule is COc1ccc(N2CCN(CC(=O)N3CCNC(=O)[C@@H]3CC(=O)Nc3ccccc3OC)CC2)cc1. The van der Waals surface area contributed by atoms with Gasteiger partial charge < -0.3 is 29.9 Å². The van der Waals surface area contributed by atoms with E-state index in [-0.39, 0.29) is 30.7 Å². The lowest BCUT2D eigenvalue weighted by Gasteiger charge is -2.39. The summed E-state index contributed by atoms with van der Waals surface area (Å²) in [7, 11) is 3.17. The first-order chi connectivity index (χ1) is 17.5. The maximum atomic E-state index is 13.2. The number of rotatable bonds is 8. The Balaban J connectivity index is 1.32. The maximum absolute atomic E-state index is 13.2. The molecule has 0 unspecified atom stereocenters. The number of nitrogens with zero attached hydrogens (tertiary/aromatic N) is 3. The standard InChI is InChI=1S/C26H33N5O5/c1-35-20-9-7-19(8-10-20)30-15-13-29(14-16-30)18-25(33)31-12-11-27-26(34)22(31)17-24(32)28-21-5-3-4-6-23(21)36-2/h3-10,22H,11-18H2,1-2H3,(H,27,34)(H,28,32)/t22-/m0/s1. The molecule has 0 aromatic heterocycles. The van der Waals surface area contributed by atoms with E-state index in [1.807, 2.05) is 24.3 Å². The minimum absolute atomic E-state index is 0.124. The zero-order chi connectivity index (χ0) is 25.5. The van der Waals surface area contributed by atoms with E-state index in [1.54, 1.807) is 31.4 Å². The zero-order valence-corrected chi connectivity index (χ0v) is 20.7. The number of piperazine rings is 2. The highest BCUT2D eigenvalue weighted by Gasteiger charge is 2.35. The Kier molecular flexibility index (Phi) is 8.27. The first kappa shape index (κ1) is 25.3. The average molecular weight is 496 g/mol. The van der Waals surface area contributed by atoms with Crippen molar-refractivity contribution in [3.8, 4) is 11.5 Å². The molecule has 2 aromatic rings. The molecule has 0 saturated carbocycles. The van der Waals surface area contributed by atoms with E-state index in [0.717, 1.165) is 37.6 Å². The average Bonchev–Trinajstić information content (AvgIpc) is 2.90. The lowest BCUT2D eigenvalue weighted by Crippen LogP contribution is -2.60. The van der Waals surface area contributed by atoms with Crippen molar-refractivity contribution in [3.05, 3.63) is 48.5 Å². The van der Waals surface area contributed by atoms with Crippen molar-refractivity contribution < 1.29 is 23.9 Å². The van der Waals surface area contributed by atoms with Crippen molar-refractivity contribution in [2.75, 3.05) is 70.2 Å². The molecule has 2 saturated heterocycles. The first-order valence-corrected chi connectivity index (χ1v) is 12.1. The summed E-state index contributed by atoms with van der Waals surface area (Å²) in [5.41, 5.74) is 1.64. The summed E-state index contributed by atoms with van der Waals surface area (Å²) in [6.45, 7) is 4.03. The van der Waals surface area contributed by atoms with Crippen molar-refractivity contribution in [2.45, 2.75) is 12.5 Å². The van der Waals surface area contributed by atoms with E-state index >= 15 is 0 Å². The molecule has 192 valence electrons. The number of hydrogen-bond acceptors (Lipinski definition) is 7. The predicted molar refractivity (Wildman–Crippen MR) is 136 cm³/mol. The number of carbonyl (C=O) groups is 3. The second-order valence-corrected chi connectivity index (χ2v) is 8.81. The topological polar surface area (TPSA) is 103 Å². The van der Waals surface area contributed by atoms with Crippen LogP contribution >= 0.6 is 0 Å². The summed E-state index contributed by atoms with van der Waals surface area (Å²) in [5.74, 6) is 0.541. The van der Waals surface area contributed by atoms with E-state index in [9.17, 15) is 14.4 Å². The number of hydrogen-bond donors (Lipinski definition) is 2. The molecule has 2 aliphatic rings. The molecule has 10 heteroatoms. The fourth-order valence-corrected chi connectivity index (χ4v) is 4.58. The molecule has 1 atom stereocenters. The molecule has 0 radical (unpaired) electrons. The van der Waals surface area contributed by atoms with Crippen LogP contribution in [0.4, 0.5) is 11.4 Å². The zero-order valence-electron chi connectivity index (χ0n) is 20.7.